The van der Waals surface area contributed by atoms with Crippen LogP contribution in [-0.2, 0) is 0 Å². The van der Waals surface area contributed by atoms with Crippen molar-refractivity contribution in [1.29, 1.82) is 0 Å². The SMILES string of the molecule is C=C/N=C(C=C)\N=C(\C)C=C. The zero-order chi connectivity index (χ0) is 8.69. The molecule has 0 aromatic heterocycles. The smallest absolute Gasteiger partial charge is 0.151 e. The lowest BCUT2D eigenvalue weighted by molar-refractivity contribution is 1.51. The van der Waals surface area contributed by atoms with E-state index in [1.54, 1.807) is 12.2 Å². The summed E-state index contributed by atoms with van der Waals surface area (Å²) in [6, 6.07) is 0. The molecule has 0 saturated heterocycles. The van der Waals surface area contributed by atoms with E-state index in [1.807, 2.05) is 6.92 Å². The minimum absolute atomic E-state index is 0.553. The molecule has 0 saturated carbocycles. The molecule has 0 rings (SSSR count). The Hall–Kier alpha value is -1.44. The maximum atomic E-state index is 4.06. The van der Waals surface area contributed by atoms with Crippen molar-refractivity contribution in [1.82, 2.24) is 0 Å². The van der Waals surface area contributed by atoms with Crippen molar-refractivity contribution < 1.29 is 0 Å². The van der Waals surface area contributed by atoms with Crippen molar-refractivity contribution in [2.45, 2.75) is 6.92 Å². The van der Waals surface area contributed by atoms with Gasteiger partial charge in [-0.15, -0.1) is 0 Å². The molecule has 0 bridgehead atoms. The Kier molecular flexibility index (Phi) is 4.65. The van der Waals surface area contributed by atoms with Gasteiger partial charge in [-0.3, -0.25) is 0 Å². The predicted molar refractivity (Wildman–Crippen MR) is 51.1 cm³/mol. The Balaban J connectivity index is 4.53. The largest absolute Gasteiger partial charge is 0.238 e. The van der Waals surface area contributed by atoms with Gasteiger partial charge in [-0.05, 0) is 19.1 Å². The zero-order valence-electron chi connectivity index (χ0n) is 6.75. The summed E-state index contributed by atoms with van der Waals surface area (Å²) in [5.41, 5.74) is 0.811. The van der Waals surface area contributed by atoms with Gasteiger partial charge in [0.15, 0.2) is 5.84 Å². The average Bonchev–Trinajstić information content (AvgIpc) is 2.03. The first-order valence-electron chi connectivity index (χ1n) is 3.23. The van der Waals surface area contributed by atoms with E-state index in [1.165, 1.54) is 6.20 Å². The molecule has 0 aromatic rings. The molecule has 0 heterocycles. The van der Waals surface area contributed by atoms with Crippen LogP contribution in [0.25, 0.3) is 0 Å². The highest BCUT2D eigenvalue weighted by molar-refractivity contribution is 6.06. The third-order valence-electron chi connectivity index (χ3n) is 0.992. The van der Waals surface area contributed by atoms with Crippen molar-refractivity contribution in [3.8, 4) is 0 Å². The summed E-state index contributed by atoms with van der Waals surface area (Å²) >= 11 is 0. The molecule has 0 fully saturated rings. The van der Waals surface area contributed by atoms with Crippen LogP contribution in [0.5, 0.6) is 0 Å². The summed E-state index contributed by atoms with van der Waals surface area (Å²) < 4.78 is 0. The summed E-state index contributed by atoms with van der Waals surface area (Å²) in [4.78, 5) is 7.92. The Morgan fingerprint density at radius 1 is 1.18 bits per heavy atom. The third-order valence-corrected chi connectivity index (χ3v) is 0.992. The number of hydrogen-bond donors (Lipinski definition) is 0. The molecule has 0 spiro atoms. The van der Waals surface area contributed by atoms with E-state index in [0.29, 0.717) is 5.84 Å². The molecule has 0 aliphatic carbocycles. The maximum Gasteiger partial charge on any atom is 0.151 e. The van der Waals surface area contributed by atoms with Crippen molar-refractivity contribution >= 4 is 11.5 Å². The molecule has 0 atom stereocenters. The van der Waals surface area contributed by atoms with E-state index in [4.69, 9.17) is 0 Å². The zero-order valence-corrected chi connectivity index (χ0v) is 6.75. The van der Waals surface area contributed by atoms with Gasteiger partial charge in [0, 0.05) is 11.9 Å². The molecule has 0 aliphatic heterocycles. The van der Waals surface area contributed by atoms with Crippen LogP contribution in [0.4, 0.5) is 0 Å². The molecule has 0 amide bonds. The topological polar surface area (TPSA) is 24.7 Å². The number of allylic oxidation sites excluding steroid dienone is 1. The second-order valence-electron chi connectivity index (χ2n) is 1.83. The summed E-state index contributed by atoms with van der Waals surface area (Å²) in [7, 11) is 0. The average molecular weight is 148 g/mol. The summed E-state index contributed by atoms with van der Waals surface area (Å²) in [5, 5.41) is 0. The van der Waals surface area contributed by atoms with Gasteiger partial charge in [0.25, 0.3) is 0 Å². The van der Waals surface area contributed by atoms with E-state index in [0.717, 1.165) is 5.71 Å². The normalized spacial score (nSPS) is 12.5. The summed E-state index contributed by atoms with van der Waals surface area (Å²) in [6.45, 7) is 12.4. The second-order valence-corrected chi connectivity index (χ2v) is 1.83. The van der Waals surface area contributed by atoms with E-state index < -0.39 is 0 Å². The lowest BCUT2D eigenvalue weighted by atomic mass is 10.4. The number of rotatable bonds is 3. The quantitative estimate of drug-likeness (QED) is 0.433. The van der Waals surface area contributed by atoms with Crippen LogP contribution in [0.1, 0.15) is 6.92 Å². The van der Waals surface area contributed by atoms with Gasteiger partial charge in [0.1, 0.15) is 0 Å². The van der Waals surface area contributed by atoms with Gasteiger partial charge >= 0.3 is 0 Å². The standard InChI is InChI=1S/C9H12N2/c1-5-8(4)11-9(6-2)10-7-3/h5-7H,1-3H2,4H3/b10-9-,11-8-. The van der Waals surface area contributed by atoms with Crippen LogP contribution in [0, 0.1) is 0 Å². The molecular formula is C9H12N2. The highest BCUT2D eigenvalue weighted by atomic mass is 14.9. The Labute approximate surface area is 67.4 Å². The number of nitrogens with zero attached hydrogens (tertiary/aromatic N) is 2. The lowest BCUT2D eigenvalue weighted by Gasteiger charge is -1.91. The van der Waals surface area contributed by atoms with Crippen LogP contribution >= 0.6 is 0 Å². The number of amidine groups is 1. The van der Waals surface area contributed by atoms with Crippen molar-refractivity contribution in [2.75, 3.05) is 0 Å². The Morgan fingerprint density at radius 3 is 2.18 bits per heavy atom. The summed E-state index contributed by atoms with van der Waals surface area (Å²) in [6.07, 6.45) is 4.65. The highest BCUT2D eigenvalue weighted by Crippen LogP contribution is 1.87. The Bertz CT molecular complexity index is 222. The predicted octanol–water partition coefficient (Wildman–Crippen LogP) is 2.36. The highest BCUT2D eigenvalue weighted by Gasteiger charge is 1.86. The number of hydrogen-bond acceptors (Lipinski definition) is 1. The summed E-state index contributed by atoms with van der Waals surface area (Å²) in [5.74, 6) is 0.553. The minimum Gasteiger partial charge on any atom is -0.238 e. The molecule has 0 N–H and O–H groups in total. The van der Waals surface area contributed by atoms with Crippen LogP contribution in [0.2, 0.25) is 0 Å². The van der Waals surface area contributed by atoms with Gasteiger partial charge in [0.2, 0.25) is 0 Å². The van der Waals surface area contributed by atoms with Crippen LogP contribution in [-0.4, -0.2) is 11.5 Å². The molecule has 0 aliphatic rings. The second kappa shape index (κ2) is 5.35. The van der Waals surface area contributed by atoms with Gasteiger partial charge in [-0.2, -0.15) is 0 Å². The first-order chi connectivity index (χ1) is 5.24. The van der Waals surface area contributed by atoms with Crippen molar-refractivity contribution in [3.63, 3.8) is 0 Å². The van der Waals surface area contributed by atoms with E-state index in [2.05, 4.69) is 29.7 Å². The van der Waals surface area contributed by atoms with Crippen LogP contribution < -0.4 is 0 Å². The maximum absolute atomic E-state index is 4.06. The number of aliphatic imine (C=N–C) groups is 2. The van der Waals surface area contributed by atoms with Gasteiger partial charge in [0.05, 0.1) is 0 Å². The van der Waals surface area contributed by atoms with Crippen molar-refractivity contribution in [2.24, 2.45) is 9.98 Å². The van der Waals surface area contributed by atoms with Crippen LogP contribution in [0.15, 0.2) is 48.1 Å². The molecular weight excluding hydrogens is 136 g/mol. The van der Waals surface area contributed by atoms with E-state index in [9.17, 15) is 0 Å². The third kappa shape index (κ3) is 4.03. The molecule has 11 heavy (non-hydrogen) atoms. The monoisotopic (exact) mass is 148 g/mol. The van der Waals surface area contributed by atoms with E-state index in [-0.39, 0.29) is 0 Å². The van der Waals surface area contributed by atoms with Gasteiger partial charge in [-0.25, -0.2) is 9.98 Å². The fourth-order valence-electron chi connectivity index (χ4n) is 0.447. The molecule has 0 unspecified atom stereocenters. The minimum atomic E-state index is 0.553. The molecule has 2 nitrogen and oxygen atoms in total. The fourth-order valence-corrected chi connectivity index (χ4v) is 0.447. The lowest BCUT2D eigenvalue weighted by Crippen LogP contribution is -1.92. The molecule has 0 radical (unpaired) electrons. The van der Waals surface area contributed by atoms with Crippen LogP contribution in [0.3, 0.4) is 0 Å². The first-order valence-corrected chi connectivity index (χ1v) is 3.23. The van der Waals surface area contributed by atoms with Crippen molar-refractivity contribution in [3.05, 3.63) is 38.1 Å². The molecule has 58 valence electrons. The first kappa shape index (κ1) is 9.56. The Morgan fingerprint density at radius 2 is 1.82 bits per heavy atom. The van der Waals surface area contributed by atoms with Gasteiger partial charge in [-0.1, -0.05) is 19.7 Å². The molecule has 2 heteroatoms. The fraction of sp³-hybridized carbons (Fsp3) is 0.111. The van der Waals surface area contributed by atoms with Gasteiger partial charge < -0.3 is 0 Å². The molecule has 0 aromatic carbocycles. The van der Waals surface area contributed by atoms with E-state index >= 15 is 0 Å².